The summed E-state index contributed by atoms with van der Waals surface area (Å²) in [5.41, 5.74) is 3.65. The summed E-state index contributed by atoms with van der Waals surface area (Å²) in [6, 6.07) is 22.3. The maximum atomic E-state index is 12.5. The molecule has 2 heterocycles. The van der Waals surface area contributed by atoms with E-state index in [9.17, 15) is 9.59 Å². The Hall–Kier alpha value is -4.84. The number of carbonyl (C=O) groups excluding carboxylic acids is 2. The van der Waals surface area contributed by atoms with E-state index in [-0.39, 0.29) is 0 Å². The van der Waals surface area contributed by atoms with Crippen molar-refractivity contribution < 1.29 is 28.5 Å². The largest absolute Gasteiger partial charge is 0.496 e. The van der Waals surface area contributed by atoms with E-state index in [1.807, 2.05) is 60.7 Å². The second-order valence-electron chi connectivity index (χ2n) is 8.06. The van der Waals surface area contributed by atoms with Crippen molar-refractivity contribution in [3.05, 3.63) is 118 Å². The fourth-order valence-corrected chi connectivity index (χ4v) is 3.97. The number of methoxy groups -OCH3 is 2. The Morgan fingerprint density at radius 2 is 1.00 bits per heavy atom. The molecular formula is C30H22O6. The lowest BCUT2D eigenvalue weighted by Crippen LogP contribution is -1.99. The van der Waals surface area contributed by atoms with Gasteiger partial charge in [0.25, 0.3) is 0 Å². The standard InChI is InChI=1S/C30H22O6/c1-33-25-15-22(14-24-18-28(36-30(24)32)20-11-7-4-8-12-20)26(34-2)16-21(25)13-23-17-27(35-29(23)31)19-9-5-3-6-10-19/h3-18H,1-2H3/b23-13-,24-14-. The van der Waals surface area contributed by atoms with Crippen molar-refractivity contribution in [1.29, 1.82) is 0 Å². The highest BCUT2D eigenvalue weighted by molar-refractivity contribution is 6.06. The first-order valence-electron chi connectivity index (χ1n) is 11.2. The predicted octanol–water partition coefficient (Wildman–Crippen LogP) is 5.67. The maximum Gasteiger partial charge on any atom is 0.343 e. The Morgan fingerprint density at radius 1 is 0.611 bits per heavy atom. The molecule has 5 rings (SSSR count). The zero-order valence-corrected chi connectivity index (χ0v) is 19.7. The van der Waals surface area contributed by atoms with Crippen molar-refractivity contribution in [1.82, 2.24) is 0 Å². The highest BCUT2D eigenvalue weighted by Crippen LogP contribution is 2.36. The molecule has 178 valence electrons. The van der Waals surface area contributed by atoms with E-state index >= 15 is 0 Å². The quantitative estimate of drug-likeness (QED) is 0.336. The SMILES string of the molecule is COc1cc(/C=C2/C=C(c3ccccc3)OC2=O)c(OC)cc1/C=C1/C=C(c2ccccc2)OC1=O. The minimum Gasteiger partial charge on any atom is -0.496 e. The summed E-state index contributed by atoms with van der Waals surface area (Å²) in [6.45, 7) is 0. The van der Waals surface area contributed by atoms with E-state index in [0.717, 1.165) is 11.1 Å². The third-order valence-corrected chi connectivity index (χ3v) is 5.77. The lowest BCUT2D eigenvalue weighted by atomic mass is 10.0. The van der Waals surface area contributed by atoms with Gasteiger partial charge in [-0.05, 0) is 36.4 Å². The minimum absolute atomic E-state index is 0.384. The van der Waals surface area contributed by atoms with Crippen LogP contribution in [0.1, 0.15) is 22.3 Å². The van der Waals surface area contributed by atoms with Crippen LogP contribution in [0.2, 0.25) is 0 Å². The number of carbonyl (C=O) groups is 2. The molecular weight excluding hydrogens is 456 g/mol. The molecule has 0 amide bonds. The van der Waals surface area contributed by atoms with Gasteiger partial charge in [0.2, 0.25) is 0 Å². The molecule has 0 saturated heterocycles. The summed E-state index contributed by atoms with van der Waals surface area (Å²) in [5.74, 6) is 1.08. The fraction of sp³-hybridized carbons (Fsp3) is 0.0667. The number of ether oxygens (including phenoxy) is 4. The van der Waals surface area contributed by atoms with Crippen molar-refractivity contribution in [2.45, 2.75) is 0 Å². The number of hydrogen-bond acceptors (Lipinski definition) is 6. The van der Waals surface area contributed by atoms with Crippen LogP contribution in [0.3, 0.4) is 0 Å². The molecule has 0 aliphatic carbocycles. The van der Waals surface area contributed by atoms with Crippen LogP contribution >= 0.6 is 0 Å². The molecule has 0 atom stereocenters. The average Bonchev–Trinajstić information content (AvgIpc) is 3.47. The number of hydrogen-bond donors (Lipinski definition) is 0. The first-order valence-corrected chi connectivity index (χ1v) is 11.2. The Balaban J connectivity index is 1.51. The summed E-state index contributed by atoms with van der Waals surface area (Å²) >= 11 is 0. The lowest BCUT2D eigenvalue weighted by Gasteiger charge is -2.11. The molecule has 0 radical (unpaired) electrons. The van der Waals surface area contributed by atoms with Gasteiger partial charge in [0.05, 0.1) is 25.4 Å². The summed E-state index contributed by atoms with van der Waals surface area (Å²) in [5, 5.41) is 0. The molecule has 3 aromatic carbocycles. The highest BCUT2D eigenvalue weighted by Gasteiger charge is 2.24. The molecule has 0 aromatic heterocycles. The zero-order valence-electron chi connectivity index (χ0n) is 19.7. The van der Waals surface area contributed by atoms with Crippen molar-refractivity contribution in [3.63, 3.8) is 0 Å². The van der Waals surface area contributed by atoms with Gasteiger partial charge in [0.1, 0.15) is 23.0 Å². The van der Waals surface area contributed by atoms with E-state index < -0.39 is 11.9 Å². The Bertz CT molecular complexity index is 1350. The molecule has 0 unspecified atom stereocenters. The Morgan fingerprint density at radius 3 is 1.36 bits per heavy atom. The Kier molecular flexibility index (Phi) is 6.24. The van der Waals surface area contributed by atoms with Crippen LogP contribution in [-0.2, 0) is 19.1 Å². The average molecular weight is 479 g/mol. The van der Waals surface area contributed by atoms with Gasteiger partial charge in [0, 0.05) is 22.3 Å². The molecule has 0 saturated carbocycles. The number of benzene rings is 3. The second kappa shape index (κ2) is 9.80. The molecule has 0 fully saturated rings. The van der Waals surface area contributed by atoms with Crippen molar-refractivity contribution in [2.75, 3.05) is 14.2 Å². The molecule has 2 aliphatic heterocycles. The van der Waals surface area contributed by atoms with Crippen molar-refractivity contribution >= 4 is 35.6 Å². The lowest BCUT2D eigenvalue weighted by molar-refractivity contribution is -0.131. The van der Waals surface area contributed by atoms with Crippen molar-refractivity contribution in [2.24, 2.45) is 0 Å². The smallest absolute Gasteiger partial charge is 0.343 e. The third kappa shape index (κ3) is 4.57. The summed E-state index contributed by atoms with van der Waals surface area (Å²) in [4.78, 5) is 25.0. The van der Waals surface area contributed by atoms with E-state index in [4.69, 9.17) is 18.9 Å². The summed E-state index contributed by atoms with van der Waals surface area (Å²) < 4.78 is 22.1. The van der Waals surface area contributed by atoms with Crippen LogP contribution in [0.15, 0.2) is 96.1 Å². The fourth-order valence-electron chi connectivity index (χ4n) is 3.97. The van der Waals surface area contributed by atoms with Gasteiger partial charge in [-0.1, -0.05) is 60.7 Å². The van der Waals surface area contributed by atoms with Crippen LogP contribution in [0.4, 0.5) is 0 Å². The summed E-state index contributed by atoms with van der Waals surface area (Å²) in [7, 11) is 3.08. The van der Waals surface area contributed by atoms with E-state index in [0.29, 0.717) is 45.3 Å². The van der Waals surface area contributed by atoms with Gasteiger partial charge >= 0.3 is 11.9 Å². The minimum atomic E-state index is -0.451. The van der Waals surface area contributed by atoms with E-state index in [1.165, 1.54) is 14.2 Å². The van der Waals surface area contributed by atoms with Crippen molar-refractivity contribution in [3.8, 4) is 11.5 Å². The van der Waals surface area contributed by atoms with Crippen LogP contribution in [0.5, 0.6) is 11.5 Å². The van der Waals surface area contributed by atoms with E-state index in [1.54, 1.807) is 36.4 Å². The van der Waals surface area contributed by atoms with E-state index in [2.05, 4.69) is 0 Å². The third-order valence-electron chi connectivity index (χ3n) is 5.77. The first kappa shape index (κ1) is 22.9. The van der Waals surface area contributed by atoms with Gasteiger partial charge in [0.15, 0.2) is 0 Å². The molecule has 0 N–H and O–H groups in total. The topological polar surface area (TPSA) is 71.1 Å². The molecule has 6 heteroatoms. The van der Waals surface area contributed by atoms with Gasteiger partial charge in [-0.15, -0.1) is 0 Å². The molecule has 3 aromatic rings. The maximum absolute atomic E-state index is 12.5. The van der Waals surface area contributed by atoms with Gasteiger partial charge in [-0.3, -0.25) is 0 Å². The monoisotopic (exact) mass is 478 g/mol. The Labute approximate surface area is 208 Å². The predicted molar refractivity (Wildman–Crippen MR) is 137 cm³/mol. The van der Waals surface area contributed by atoms with Gasteiger partial charge in [-0.25, -0.2) is 9.59 Å². The van der Waals surface area contributed by atoms with Crippen LogP contribution < -0.4 is 9.47 Å². The normalized spacial score (nSPS) is 17.1. The summed E-state index contributed by atoms with van der Waals surface area (Å²) in [6.07, 6.45) is 6.77. The number of rotatable bonds is 6. The van der Waals surface area contributed by atoms with Gasteiger partial charge in [-0.2, -0.15) is 0 Å². The van der Waals surface area contributed by atoms with Crippen LogP contribution in [-0.4, -0.2) is 26.2 Å². The molecule has 0 bridgehead atoms. The number of cyclic esters (lactones) is 2. The molecule has 6 nitrogen and oxygen atoms in total. The number of esters is 2. The molecule has 2 aliphatic rings. The second-order valence-corrected chi connectivity index (χ2v) is 8.06. The van der Waals surface area contributed by atoms with Crippen LogP contribution in [0, 0.1) is 0 Å². The molecule has 0 spiro atoms. The van der Waals surface area contributed by atoms with Crippen LogP contribution in [0.25, 0.3) is 23.7 Å². The first-order chi connectivity index (χ1) is 17.6. The van der Waals surface area contributed by atoms with Gasteiger partial charge < -0.3 is 18.9 Å². The zero-order chi connectivity index (χ0) is 25.1. The highest BCUT2D eigenvalue weighted by atomic mass is 16.5. The molecule has 36 heavy (non-hydrogen) atoms.